The summed E-state index contributed by atoms with van der Waals surface area (Å²) in [7, 11) is 0. The first kappa shape index (κ1) is 14.2. The standard InChI is InChI=1S/C14H22N4S/c1-4-11(5-2)18(7-6-15)13-12-8-10(3)19-14(12)17-9-16-13/h8-9,11H,4-7,15H2,1-3H3. The molecule has 19 heavy (non-hydrogen) atoms. The molecule has 0 aliphatic rings. The van der Waals surface area contributed by atoms with E-state index in [4.69, 9.17) is 5.73 Å². The van der Waals surface area contributed by atoms with Crippen molar-refractivity contribution in [2.24, 2.45) is 5.73 Å². The van der Waals surface area contributed by atoms with E-state index in [9.17, 15) is 0 Å². The minimum absolute atomic E-state index is 0.488. The third-order valence-corrected chi connectivity index (χ3v) is 4.42. The van der Waals surface area contributed by atoms with Gasteiger partial charge < -0.3 is 10.6 Å². The SMILES string of the molecule is CCC(CC)N(CCN)c1ncnc2sc(C)cc12. The molecule has 0 bridgehead atoms. The Morgan fingerprint density at radius 3 is 2.68 bits per heavy atom. The first-order valence-electron chi connectivity index (χ1n) is 6.89. The van der Waals surface area contributed by atoms with Crippen LogP contribution in [0.15, 0.2) is 12.4 Å². The lowest BCUT2D eigenvalue weighted by Crippen LogP contribution is -2.39. The van der Waals surface area contributed by atoms with Crippen LogP contribution in [0.2, 0.25) is 0 Å². The quantitative estimate of drug-likeness (QED) is 0.882. The molecule has 2 heterocycles. The molecule has 4 nitrogen and oxygen atoms in total. The van der Waals surface area contributed by atoms with E-state index >= 15 is 0 Å². The van der Waals surface area contributed by atoms with Crippen molar-refractivity contribution in [1.82, 2.24) is 9.97 Å². The Kier molecular flexibility index (Phi) is 4.71. The minimum Gasteiger partial charge on any atom is -0.352 e. The lowest BCUT2D eigenvalue weighted by atomic mass is 10.1. The molecule has 0 fully saturated rings. The summed E-state index contributed by atoms with van der Waals surface area (Å²) < 4.78 is 0. The number of hydrogen-bond acceptors (Lipinski definition) is 5. The zero-order chi connectivity index (χ0) is 13.8. The zero-order valence-electron chi connectivity index (χ0n) is 11.9. The largest absolute Gasteiger partial charge is 0.352 e. The highest BCUT2D eigenvalue weighted by Gasteiger charge is 2.19. The van der Waals surface area contributed by atoms with Crippen molar-refractivity contribution < 1.29 is 0 Å². The Labute approximate surface area is 118 Å². The lowest BCUT2D eigenvalue weighted by Gasteiger charge is -2.31. The summed E-state index contributed by atoms with van der Waals surface area (Å²) in [5.74, 6) is 1.04. The van der Waals surface area contributed by atoms with Crippen LogP contribution in [0.3, 0.4) is 0 Å². The number of anilines is 1. The van der Waals surface area contributed by atoms with Gasteiger partial charge in [-0.1, -0.05) is 13.8 Å². The van der Waals surface area contributed by atoms with E-state index in [0.717, 1.165) is 35.4 Å². The molecule has 0 aliphatic heterocycles. The number of nitrogens with zero attached hydrogens (tertiary/aromatic N) is 3. The van der Waals surface area contributed by atoms with Crippen LogP contribution >= 0.6 is 11.3 Å². The Bertz CT molecular complexity index is 533. The topological polar surface area (TPSA) is 55.0 Å². The second-order valence-electron chi connectivity index (χ2n) is 4.73. The molecule has 0 unspecified atom stereocenters. The Morgan fingerprint density at radius 2 is 2.05 bits per heavy atom. The van der Waals surface area contributed by atoms with Gasteiger partial charge in [0.25, 0.3) is 0 Å². The fraction of sp³-hybridized carbons (Fsp3) is 0.571. The highest BCUT2D eigenvalue weighted by molar-refractivity contribution is 7.18. The fourth-order valence-corrected chi connectivity index (χ4v) is 3.36. The monoisotopic (exact) mass is 278 g/mol. The van der Waals surface area contributed by atoms with E-state index in [1.807, 2.05) is 0 Å². The normalized spacial score (nSPS) is 11.4. The van der Waals surface area contributed by atoms with Gasteiger partial charge in [0.05, 0.1) is 5.39 Å². The molecule has 2 aromatic rings. The summed E-state index contributed by atoms with van der Waals surface area (Å²) in [4.78, 5) is 13.6. The van der Waals surface area contributed by atoms with E-state index in [1.54, 1.807) is 17.7 Å². The van der Waals surface area contributed by atoms with E-state index in [0.29, 0.717) is 12.6 Å². The molecular weight excluding hydrogens is 256 g/mol. The molecule has 2 rings (SSSR count). The summed E-state index contributed by atoms with van der Waals surface area (Å²) in [6.45, 7) is 8.03. The van der Waals surface area contributed by atoms with E-state index in [2.05, 4.69) is 41.7 Å². The number of fused-ring (bicyclic) bond motifs is 1. The van der Waals surface area contributed by atoms with Crippen molar-refractivity contribution in [1.29, 1.82) is 0 Å². The Balaban J connectivity index is 2.48. The average molecular weight is 278 g/mol. The number of thiophene rings is 1. The molecule has 0 saturated carbocycles. The Morgan fingerprint density at radius 1 is 1.32 bits per heavy atom. The van der Waals surface area contributed by atoms with Gasteiger partial charge in [0.15, 0.2) is 0 Å². The zero-order valence-corrected chi connectivity index (χ0v) is 12.7. The van der Waals surface area contributed by atoms with Crippen molar-refractivity contribution in [3.8, 4) is 0 Å². The third-order valence-electron chi connectivity index (χ3n) is 3.46. The van der Waals surface area contributed by atoms with Crippen LogP contribution in [0.4, 0.5) is 5.82 Å². The molecule has 0 amide bonds. The molecule has 0 saturated heterocycles. The molecule has 0 aliphatic carbocycles. The summed E-state index contributed by atoms with van der Waals surface area (Å²) in [5.41, 5.74) is 5.78. The molecule has 104 valence electrons. The van der Waals surface area contributed by atoms with Gasteiger partial charge in [-0.3, -0.25) is 0 Å². The molecule has 0 radical (unpaired) electrons. The lowest BCUT2D eigenvalue weighted by molar-refractivity contribution is 0.555. The van der Waals surface area contributed by atoms with Crippen molar-refractivity contribution >= 4 is 27.4 Å². The molecule has 0 atom stereocenters. The van der Waals surface area contributed by atoms with E-state index < -0.39 is 0 Å². The Hall–Kier alpha value is -1.20. The summed E-state index contributed by atoms with van der Waals surface area (Å²) in [5, 5.41) is 1.16. The molecular formula is C14H22N4S. The molecule has 2 N–H and O–H groups in total. The smallest absolute Gasteiger partial charge is 0.141 e. The van der Waals surface area contributed by atoms with Gasteiger partial charge >= 0.3 is 0 Å². The van der Waals surface area contributed by atoms with Crippen LogP contribution in [0.25, 0.3) is 10.2 Å². The number of rotatable bonds is 6. The third kappa shape index (κ3) is 2.87. The van der Waals surface area contributed by atoms with Gasteiger partial charge in [0, 0.05) is 24.0 Å². The van der Waals surface area contributed by atoms with Crippen LogP contribution in [-0.4, -0.2) is 29.1 Å². The molecule has 2 aromatic heterocycles. The summed E-state index contributed by atoms with van der Waals surface area (Å²) in [6.07, 6.45) is 3.87. The first-order chi connectivity index (χ1) is 9.21. The van der Waals surface area contributed by atoms with Crippen LogP contribution < -0.4 is 10.6 Å². The number of nitrogens with two attached hydrogens (primary N) is 1. The van der Waals surface area contributed by atoms with Gasteiger partial charge in [0.1, 0.15) is 17.0 Å². The molecule has 5 heteroatoms. The average Bonchev–Trinajstić information content (AvgIpc) is 2.79. The fourth-order valence-electron chi connectivity index (χ4n) is 2.52. The van der Waals surface area contributed by atoms with E-state index in [1.165, 1.54) is 4.88 Å². The van der Waals surface area contributed by atoms with Gasteiger partial charge in [-0.15, -0.1) is 11.3 Å². The molecule has 0 spiro atoms. The van der Waals surface area contributed by atoms with Gasteiger partial charge in [-0.25, -0.2) is 9.97 Å². The maximum Gasteiger partial charge on any atom is 0.141 e. The van der Waals surface area contributed by atoms with Gasteiger partial charge in [0.2, 0.25) is 0 Å². The van der Waals surface area contributed by atoms with Crippen molar-refractivity contribution in [2.75, 3.05) is 18.0 Å². The van der Waals surface area contributed by atoms with Gasteiger partial charge in [-0.2, -0.15) is 0 Å². The molecule has 0 aromatic carbocycles. The van der Waals surface area contributed by atoms with Crippen LogP contribution in [0.5, 0.6) is 0 Å². The van der Waals surface area contributed by atoms with Crippen LogP contribution in [0.1, 0.15) is 31.6 Å². The summed E-state index contributed by atoms with van der Waals surface area (Å²) in [6, 6.07) is 2.67. The van der Waals surface area contributed by atoms with Crippen molar-refractivity contribution in [3.05, 3.63) is 17.3 Å². The van der Waals surface area contributed by atoms with Gasteiger partial charge in [-0.05, 0) is 25.8 Å². The predicted molar refractivity (Wildman–Crippen MR) is 82.9 cm³/mol. The van der Waals surface area contributed by atoms with E-state index in [-0.39, 0.29) is 0 Å². The second kappa shape index (κ2) is 6.30. The maximum absolute atomic E-state index is 5.78. The predicted octanol–water partition coefficient (Wildman–Crippen LogP) is 2.95. The summed E-state index contributed by atoms with van der Waals surface area (Å²) >= 11 is 1.72. The minimum atomic E-state index is 0.488. The number of aromatic nitrogens is 2. The first-order valence-corrected chi connectivity index (χ1v) is 7.70. The number of hydrogen-bond donors (Lipinski definition) is 1. The highest BCUT2D eigenvalue weighted by atomic mass is 32.1. The van der Waals surface area contributed by atoms with Crippen LogP contribution in [0, 0.1) is 6.92 Å². The second-order valence-corrected chi connectivity index (χ2v) is 5.96. The van der Waals surface area contributed by atoms with Crippen LogP contribution in [-0.2, 0) is 0 Å². The maximum atomic E-state index is 5.78. The van der Waals surface area contributed by atoms with Crippen molar-refractivity contribution in [3.63, 3.8) is 0 Å². The van der Waals surface area contributed by atoms with Crippen molar-refractivity contribution in [2.45, 2.75) is 39.7 Å². The highest BCUT2D eigenvalue weighted by Crippen LogP contribution is 2.31. The number of aryl methyl sites for hydroxylation is 1.